The van der Waals surface area contributed by atoms with Gasteiger partial charge in [0, 0.05) is 38.5 Å². The van der Waals surface area contributed by atoms with Crippen LogP contribution in [0.15, 0.2) is 48.5 Å². The van der Waals surface area contributed by atoms with Crippen LogP contribution in [0.4, 0.5) is 5.69 Å². The quantitative estimate of drug-likeness (QED) is 0.824. The van der Waals surface area contributed by atoms with Crippen molar-refractivity contribution in [1.82, 2.24) is 5.32 Å². The lowest BCUT2D eigenvalue weighted by Gasteiger charge is -2.19. The third kappa shape index (κ3) is 3.92. The molecule has 2 N–H and O–H groups in total. The van der Waals surface area contributed by atoms with E-state index < -0.39 is 0 Å². The van der Waals surface area contributed by atoms with E-state index in [1.807, 2.05) is 6.07 Å². The van der Waals surface area contributed by atoms with Crippen LogP contribution in [0.2, 0.25) is 0 Å². The number of hydrogen-bond donors (Lipinski definition) is 2. The van der Waals surface area contributed by atoms with E-state index in [9.17, 15) is 0 Å². The number of nitrogens with one attached hydrogen (secondary N) is 1. The molecule has 0 aromatic heterocycles. The lowest BCUT2D eigenvalue weighted by Crippen LogP contribution is -2.21. The van der Waals surface area contributed by atoms with Crippen molar-refractivity contribution in [3.63, 3.8) is 0 Å². The highest BCUT2D eigenvalue weighted by Gasteiger charge is 2.16. The first-order valence-corrected chi connectivity index (χ1v) is 8.50. The van der Waals surface area contributed by atoms with Crippen molar-refractivity contribution in [3.8, 4) is 0 Å². The molecule has 122 valence electrons. The molecule has 1 aliphatic rings. The van der Waals surface area contributed by atoms with Gasteiger partial charge in [-0.05, 0) is 42.0 Å². The molecule has 1 unspecified atom stereocenters. The molecule has 2 aromatic carbocycles. The normalized spacial score (nSPS) is 14.8. The number of fused-ring (bicyclic) bond motifs is 1. The Bertz CT molecular complexity index is 627. The van der Waals surface area contributed by atoms with Gasteiger partial charge in [0.1, 0.15) is 0 Å². The number of hydrogen-bond acceptors (Lipinski definition) is 3. The summed E-state index contributed by atoms with van der Waals surface area (Å²) < 4.78 is 0. The summed E-state index contributed by atoms with van der Waals surface area (Å²) in [5.74, 6) is 0. The first kappa shape index (κ1) is 16.0. The van der Waals surface area contributed by atoms with Gasteiger partial charge in [-0.3, -0.25) is 0 Å². The lowest BCUT2D eigenvalue weighted by atomic mass is 10.0. The molecule has 3 rings (SSSR count). The molecule has 3 nitrogen and oxygen atoms in total. The second-order valence-electron chi connectivity index (χ2n) is 6.34. The Morgan fingerprint density at radius 2 is 2.00 bits per heavy atom. The molecule has 3 heteroatoms. The Balaban J connectivity index is 1.67. The summed E-state index contributed by atoms with van der Waals surface area (Å²) in [5.41, 5.74) is 5.46. The molecular formula is C20H26N2O. The summed E-state index contributed by atoms with van der Waals surface area (Å²) in [5, 5.41) is 12.8. The summed E-state index contributed by atoms with van der Waals surface area (Å²) in [6, 6.07) is 17.6. The number of aliphatic hydroxyl groups is 1. The maximum absolute atomic E-state index is 9.15. The third-order valence-corrected chi connectivity index (χ3v) is 4.68. The summed E-state index contributed by atoms with van der Waals surface area (Å²) in [6.07, 6.45) is 2.92. The average Bonchev–Trinajstić information content (AvgIpc) is 2.96. The van der Waals surface area contributed by atoms with Crippen molar-refractivity contribution in [2.75, 3.05) is 25.1 Å². The van der Waals surface area contributed by atoms with Gasteiger partial charge in [0.05, 0.1) is 0 Å². The molecule has 23 heavy (non-hydrogen) atoms. The predicted octanol–water partition coefficient (Wildman–Crippen LogP) is 3.28. The highest BCUT2D eigenvalue weighted by atomic mass is 16.2. The summed E-state index contributed by atoms with van der Waals surface area (Å²) >= 11 is 0. The fourth-order valence-electron chi connectivity index (χ4n) is 3.34. The van der Waals surface area contributed by atoms with Crippen LogP contribution in [0, 0.1) is 0 Å². The first-order chi connectivity index (χ1) is 11.3. The van der Waals surface area contributed by atoms with Gasteiger partial charge in [0.25, 0.3) is 0 Å². The summed E-state index contributed by atoms with van der Waals surface area (Å²) in [4.78, 5) is 2.32. The molecular weight excluding hydrogens is 284 g/mol. The molecule has 2 aromatic rings. The number of rotatable bonds is 7. The van der Waals surface area contributed by atoms with E-state index in [0.717, 1.165) is 32.4 Å². The van der Waals surface area contributed by atoms with Gasteiger partial charge in [-0.15, -0.1) is 0 Å². The molecule has 0 fully saturated rings. The topological polar surface area (TPSA) is 35.5 Å². The number of benzene rings is 2. The van der Waals surface area contributed by atoms with Crippen LogP contribution >= 0.6 is 0 Å². The van der Waals surface area contributed by atoms with Crippen LogP contribution in [-0.2, 0) is 13.0 Å². The highest BCUT2D eigenvalue weighted by Crippen LogP contribution is 2.27. The highest BCUT2D eigenvalue weighted by molar-refractivity contribution is 5.58. The minimum Gasteiger partial charge on any atom is -0.396 e. The van der Waals surface area contributed by atoms with Gasteiger partial charge in [-0.25, -0.2) is 0 Å². The average molecular weight is 310 g/mol. The van der Waals surface area contributed by atoms with Gasteiger partial charge < -0.3 is 15.3 Å². The van der Waals surface area contributed by atoms with E-state index >= 15 is 0 Å². The van der Waals surface area contributed by atoms with Crippen molar-refractivity contribution < 1.29 is 5.11 Å². The molecule has 0 saturated carbocycles. The van der Waals surface area contributed by atoms with E-state index in [0.29, 0.717) is 6.04 Å². The van der Waals surface area contributed by atoms with Crippen LogP contribution in [0.25, 0.3) is 0 Å². The molecule has 0 aliphatic carbocycles. The fourth-order valence-corrected chi connectivity index (χ4v) is 3.34. The Kier molecular flexibility index (Phi) is 5.31. The van der Waals surface area contributed by atoms with Crippen molar-refractivity contribution >= 4 is 5.69 Å². The van der Waals surface area contributed by atoms with Gasteiger partial charge >= 0.3 is 0 Å². The van der Waals surface area contributed by atoms with Gasteiger partial charge in [0.15, 0.2) is 0 Å². The zero-order valence-electron chi connectivity index (χ0n) is 13.8. The summed E-state index contributed by atoms with van der Waals surface area (Å²) in [6.45, 7) is 2.23. The number of aliphatic hydroxyl groups excluding tert-OH is 1. The van der Waals surface area contributed by atoms with Gasteiger partial charge in [0.2, 0.25) is 0 Å². The van der Waals surface area contributed by atoms with Gasteiger partial charge in [-0.1, -0.05) is 42.5 Å². The molecule has 0 spiro atoms. The Morgan fingerprint density at radius 1 is 1.17 bits per heavy atom. The molecule has 0 amide bonds. The van der Waals surface area contributed by atoms with E-state index in [1.54, 1.807) is 0 Å². The fraction of sp³-hybridized carbons (Fsp3) is 0.400. The Hall–Kier alpha value is -1.84. The van der Waals surface area contributed by atoms with Crippen LogP contribution < -0.4 is 10.2 Å². The zero-order chi connectivity index (χ0) is 16.1. The third-order valence-electron chi connectivity index (χ3n) is 4.68. The van der Waals surface area contributed by atoms with Crippen molar-refractivity contribution in [3.05, 3.63) is 65.2 Å². The standard InChI is InChI=1S/C20H26N2O/c1-22-12-11-18-14-16(9-10-20(18)22)15-21-19(8-5-13-23)17-6-3-2-4-7-17/h2-4,6-7,9-10,14,19,21,23H,5,8,11-13,15H2,1H3. The SMILES string of the molecule is CN1CCc2cc(CNC(CCCO)c3ccccc3)ccc21. The van der Waals surface area contributed by atoms with Crippen LogP contribution in [0.5, 0.6) is 0 Å². The molecule has 0 saturated heterocycles. The van der Waals surface area contributed by atoms with E-state index in [4.69, 9.17) is 5.11 Å². The number of anilines is 1. The van der Waals surface area contributed by atoms with Crippen molar-refractivity contribution in [2.45, 2.75) is 31.8 Å². The maximum atomic E-state index is 9.15. The largest absolute Gasteiger partial charge is 0.396 e. The zero-order valence-corrected chi connectivity index (χ0v) is 13.8. The minimum atomic E-state index is 0.246. The van der Waals surface area contributed by atoms with Crippen molar-refractivity contribution in [1.29, 1.82) is 0 Å². The smallest absolute Gasteiger partial charge is 0.0431 e. The van der Waals surface area contributed by atoms with E-state index in [2.05, 4.69) is 59.7 Å². The van der Waals surface area contributed by atoms with E-state index in [-0.39, 0.29) is 6.61 Å². The lowest BCUT2D eigenvalue weighted by molar-refractivity contribution is 0.275. The van der Waals surface area contributed by atoms with E-state index in [1.165, 1.54) is 22.4 Å². The van der Waals surface area contributed by atoms with Crippen molar-refractivity contribution in [2.24, 2.45) is 0 Å². The monoisotopic (exact) mass is 310 g/mol. The molecule has 1 aliphatic heterocycles. The molecule has 1 atom stereocenters. The summed E-state index contributed by atoms with van der Waals surface area (Å²) in [7, 11) is 2.16. The minimum absolute atomic E-state index is 0.246. The number of likely N-dealkylation sites (N-methyl/N-ethyl adjacent to an activating group) is 1. The van der Waals surface area contributed by atoms with Crippen LogP contribution in [-0.4, -0.2) is 25.3 Å². The maximum Gasteiger partial charge on any atom is 0.0431 e. The molecule has 0 bridgehead atoms. The number of nitrogens with zero attached hydrogens (tertiary/aromatic N) is 1. The second-order valence-corrected chi connectivity index (χ2v) is 6.34. The second kappa shape index (κ2) is 7.62. The Labute approximate surface area is 139 Å². The molecule has 0 radical (unpaired) electrons. The Morgan fingerprint density at radius 3 is 2.78 bits per heavy atom. The van der Waals surface area contributed by atoms with Gasteiger partial charge in [-0.2, -0.15) is 0 Å². The predicted molar refractivity (Wildman–Crippen MR) is 95.8 cm³/mol. The molecule has 1 heterocycles. The first-order valence-electron chi connectivity index (χ1n) is 8.50. The van der Waals surface area contributed by atoms with Crippen LogP contribution in [0.3, 0.4) is 0 Å². The van der Waals surface area contributed by atoms with Crippen LogP contribution in [0.1, 0.15) is 35.6 Å².